The third-order valence-electron chi connectivity index (χ3n) is 7.96. The molecular formula is C36H28B2. The second-order valence-corrected chi connectivity index (χ2v) is 11.0. The summed E-state index contributed by atoms with van der Waals surface area (Å²) in [5, 5.41) is 10.5. The highest BCUT2D eigenvalue weighted by Crippen LogP contribution is 2.43. The van der Waals surface area contributed by atoms with E-state index in [0.717, 1.165) is 0 Å². The summed E-state index contributed by atoms with van der Waals surface area (Å²) in [5.41, 5.74) is 10.3. The van der Waals surface area contributed by atoms with Crippen molar-refractivity contribution >= 4 is 69.7 Å². The molecule has 0 aromatic heterocycles. The summed E-state index contributed by atoms with van der Waals surface area (Å²) in [6.45, 7) is 4.35. The van der Waals surface area contributed by atoms with Crippen molar-refractivity contribution in [3.8, 4) is 22.3 Å². The standard InChI is InChI=1S/C36H28B2/c1-21-15-22(2)17-29(16-21)23-3-7-26(8-4-23)36-34-27(9-5-24-11-13-30(37)19-32(24)34)18-28-10-6-25-12-14-31(38)20-33(25)35(28)36/h3-20H,37-38H2,1-2H3. The maximum Gasteiger partial charge on any atom is 0.139 e. The summed E-state index contributed by atoms with van der Waals surface area (Å²) in [7, 11) is 4.38. The fourth-order valence-electron chi connectivity index (χ4n) is 6.25. The number of hydrogen-bond donors (Lipinski definition) is 0. The second kappa shape index (κ2) is 8.64. The Labute approximate surface area is 225 Å². The van der Waals surface area contributed by atoms with Gasteiger partial charge in [-0.1, -0.05) is 125 Å². The maximum atomic E-state index is 2.38. The van der Waals surface area contributed by atoms with Crippen LogP contribution in [0.25, 0.3) is 65.3 Å². The molecule has 0 amide bonds. The third kappa shape index (κ3) is 3.72. The van der Waals surface area contributed by atoms with E-state index >= 15 is 0 Å². The zero-order valence-corrected chi connectivity index (χ0v) is 22.4. The number of fused-ring (bicyclic) bond motifs is 6. The van der Waals surface area contributed by atoms with Crippen LogP contribution >= 0.6 is 0 Å². The highest BCUT2D eigenvalue weighted by Gasteiger charge is 2.16. The second-order valence-electron chi connectivity index (χ2n) is 11.0. The minimum atomic E-state index is 1.26. The van der Waals surface area contributed by atoms with Crippen molar-refractivity contribution < 1.29 is 0 Å². The molecule has 0 atom stereocenters. The summed E-state index contributed by atoms with van der Waals surface area (Å²) in [5.74, 6) is 0. The average Bonchev–Trinajstić information content (AvgIpc) is 2.91. The molecule has 0 N–H and O–H groups in total. The van der Waals surface area contributed by atoms with Gasteiger partial charge < -0.3 is 0 Å². The summed E-state index contributed by atoms with van der Waals surface area (Å²) in [6, 6.07) is 41.2. The molecule has 7 aromatic carbocycles. The van der Waals surface area contributed by atoms with E-state index in [1.165, 1.54) is 87.4 Å². The zero-order chi connectivity index (χ0) is 26.0. The van der Waals surface area contributed by atoms with Gasteiger partial charge in [-0.25, -0.2) is 0 Å². The number of aryl methyl sites for hydroxylation is 2. The van der Waals surface area contributed by atoms with Crippen LogP contribution in [-0.2, 0) is 0 Å². The lowest BCUT2D eigenvalue weighted by atomic mass is 9.84. The van der Waals surface area contributed by atoms with Crippen LogP contribution in [0.15, 0.2) is 109 Å². The van der Waals surface area contributed by atoms with E-state index in [1.807, 2.05) is 0 Å². The molecule has 2 heteroatoms. The Morgan fingerprint density at radius 1 is 0.395 bits per heavy atom. The Morgan fingerprint density at radius 2 is 0.842 bits per heavy atom. The van der Waals surface area contributed by atoms with E-state index in [9.17, 15) is 0 Å². The summed E-state index contributed by atoms with van der Waals surface area (Å²) >= 11 is 0. The Morgan fingerprint density at radius 3 is 1.37 bits per heavy atom. The molecule has 0 bridgehead atoms. The highest BCUT2D eigenvalue weighted by atomic mass is 14.2. The fourth-order valence-corrected chi connectivity index (χ4v) is 6.25. The van der Waals surface area contributed by atoms with Gasteiger partial charge in [-0.3, -0.25) is 0 Å². The molecule has 0 aliphatic carbocycles. The van der Waals surface area contributed by atoms with Crippen LogP contribution < -0.4 is 10.9 Å². The molecule has 0 heterocycles. The first-order valence-corrected chi connectivity index (χ1v) is 13.4. The first-order valence-electron chi connectivity index (χ1n) is 13.4. The number of rotatable bonds is 2. The summed E-state index contributed by atoms with van der Waals surface area (Å²) in [4.78, 5) is 0. The lowest BCUT2D eigenvalue weighted by molar-refractivity contribution is 1.38. The largest absolute Gasteiger partial charge is 0.139 e. The first-order chi connectivity index (χ1) is 18.4. The Kier molecular flexibility index (Phi) is 5.20. The number of benzene rings is 7. The molecule has 0 spiro atoms. The van der Waals surface area contributed by atoms with E-state index in [0.29, 0.717) is 0 Å². The van der Waals surface area contributed by atoms with Crippen molar-refractivity contribution in [3.63, 3.8) is 0 Å². The van der Waals surface area contributed by atoms with Crippen LogP contribution in [0.4, 0.5) is 0 Å². The molecule has 38 heavy (non-hydrogen) atoms. The maximum absolute atomic E-state index is 2.38. The Hall–Kier alpha value is -4.29. The van der Waals surface area contributed by atoms with Crippen LogP contribution in [0, 0.1) is 13.8 Å². The minimum absolute atomic E-state index is 1.26. The molecule has 0 aliphatic heterocycles. The van der Waals surface area contributed by atoms with Crippen LogP contribution in [-0.4, -0.2) is 15.7 Å². The van der Waals surface area contributed by atoms with E-state index in [2.05, 4.69) is 139 Å². The van der Waals surface area contributed by atoms with E-state index < -0.39 is 0 Å². The summed E-state index contributed by atoms with van der Waals surface area (Å²) in [6.07, 6.45) is 0. The fraction of sp³-hybridized carbons (Fsp3) is 0.0556. The van der Waals surface area contributed by atoms with Gasteiger partial charge >= 0.3 is 0 Å². The van der Waals surface area contributed by atoms with Crippen molar-refractivity contribution in [3.05, 3.63) is 120 Å². The van der Waals surface area contributed by atoms with Gasteiger partial charge in [0.2, 0.25) is 0 Å². The van der Waals surface area contributed by atoms with Gasteiger partial charge in [-0.15, -0.1) is 0 Å². The average molecular weight is 482 g/mol. The van der Waals surface area contributed by atoms with Gasteiger partial charge in [0.1, 0.15) is 15.7 Å². The monoisotopic (exact) mass is 482 g/mol. The minimum Gasteiger partial charge on any atom is -0.0883 e. The van der Waals surface area contributed by atoms with Gasteiger partial charge in [-0.05, 0) is 85.3 Å². The molecule has 0 aliphatic rings. The normalized spacial score (nSPS) is 11.6. The molecular weight excluding hydrogens is 454 g/mol. The molecule has 7 aromatic rings. The van der Waals surface area contributed by atoms with Crippen molar-refractivity contribution in [2.75, 3.05) is 0 Å². The van der Waals surface area contributed by atoms with Gasteiger partial charge in [0.05, 0.1) is 0 Å². The molecule has 0 saturated heterocycles. The molecule has 0 nitrogen and oxygen atoms in total. The molecule has 0 radical (unpaired) electrons. The lowest BCUT2D eigenvalue weighted by Crippen LogP contribution is -2.01. The molecule has 0 unspecified atom stereocenters. The van der Waals surface area contributed by atoms with E-state index in [4.69, 9.17) is 0 Å². The SMILES string of the molecule is Bc1ccc2ccc3cc4ccc5ccc(B)cc5c4c(-c4ccc(-c5cc(C)cc(C)c5)cc4)c3c2c1. The van der Waals surface area contributed by atoms with Gasteiger partial charge in [0, 0.05) is 0 Å². The topological polar surface area (TPSA) is 0 Å². The van der Waals surface area contributed by atoms with E-state index in [-0.39, 0.29) is 0 Å². The lowest BCUT2D eigenvalue weighted by Gasteiger charge is -2.17. The van der Waals surface area contributed by atoms with Gasteiger partial charge in [0.15, 0.2) is 0 Å². The molecule has 0 fully saturated rings. The van der Waals surface area contributed by atoms with E-state index in [1.54, 1.807) is 0 Å². The summed E-state index contributed by atoms with van der Waals surface area (Å²) < 4.78 is 0. The molecule has 7 rings (SSSR count). The van der Waals surface area contributed by atoms with Crippen LogP contribution in [0.3, 0.4) is 0 Å². The highest BCUT2D eigenvalue weighted by molar-refractivity contribution is 6.36. The quantitative estimate of drug-likeness (QED) is 0.145. The molecule has 0 saturated carbocycles. The van der Waals surface area contributed by atoms with Gasteiger partial charge in [-0.2, -0.15) is 0 Å². The number of hydrogen-bond acceptors (Lipinski definition) is 0. The van der Waals surface area contributed by atoms with Crippen LogP contribution in [0.5, 0.6) is 0 Å². The predicted octanol–water partition coefficient (Wildman–Crippen LogP) is 6.77. The predicted molar refractivity (Wildman–Crippen MR) is 173 cm³/mol. The van der Waals surface area contributed by atoms with Crippen molar-refractivity contribution in [1.29, 1.82) is 0 Å². The van der Waals surface area contributed by atoms with Crippen molar-refractivity contribution in [2.45, 2.75) is 13.8 Å². The third-order valence-corrected chi connectivity index (χ3v) is 7.96. The first kappa shape index (κ1) is 22.9. The smallest absolute Gasteiger partial charge is 0.0883 e. The zero-order valence-electron chi connectivity index (χ0n) is 22.4. The Balaban J connectivity index is 1.61. The van der Waals surface area contributed by atoms with Crippen LogP contribution in [0.1, 0.15) is 11.1 Å². The molecule has 178 valence electrons. The van der Waals surface area contributed by atoms with Crippen molar-refractivity contribution in [1.82, 2.24) is 0 Å². The van der Waals surface area contributed by atoms with Gasteiger partial charge in [0.25, 0.3) is 0 Å². The van der Waals surface area contributed by atoms with Crippen LogP contribution in [0.2, 0.25) is 0 Å². The van der Waals surface area contributed by atoms with Crippen molar-refractivity contribution in [2.24, 2.45) is 0 Å². The Bertz CT molecular complexity index is 1930.